The Kier molecular flexibility index (Phi) is 9.87. The van der Waals surface area contributed by atoms with Gasteiger partial charge in [0.25, 0.3) is 11.8 Å². The zero-order valence-corrected chi connectivity index (χ0v) is 19.4. The maximum atomic E-state index is 12.3. The normalized spacial score (nSPS) is 14.9. The summed E-state index contributed by atoms with van der Waals surface area (Å²) in [6.07, 6.45) is 2.83. The lowest BCUT2D eigenvalue weighted by atomic mass is 10.1. The van der Waals surface area contributed by atoms with Gasteiger partial charge in [-0.15, -0.1) is 0 Å². The molecule has 34 heavy (non-hydrogen) atoms. The van der Waals surface area contributed by atoms with Crippen molar-refractivity contribution in [3.63, 3.8) is 0 Å². The molecule has 0 aliphatic carbocycles. The predicted octanol–water partition coefficient (Wildman–Crippen LogP) is 2.41. The van der Waals surface area contributed by atoms with Crippen molar-refractivity contribution in [2.75, 3.05) is 50.6 Å². The van der Waals surface area contributed by atoms with E-state index in [0.29, 0.717) is 36.5 Å². The summed E-state index contributed by atoms with van der Waals surface area (Å²) in [7, 11) is 1.62. The highest BCUT2D eigenvalue weighted by molar-refractivity contribution is 5.98. The van der Waals surface area contributed by atoms with Crippen LogP contribution in [0.25, 0.3) is 0 Å². The molecular weight excluding hydrogens is 436 g/mol. The van der Waals surface area contributed by atoms with E-state index in [9.17, 15) is 14.4 Å². The first-order chi connectivity index (χ1) is 16.5. The summed E-state index contributed by atoms with van der Waals surface area (Å²) in [5.74, 6) is -0.608. The highest BCUT2D eigenvalue weighted by Crippen LogP contribution is 2.13. The first kappa shape index (κ1) is 25.2. The Bertz CT molecular complexity index is 958. The third-order valence-electron chi connectivity index (χ3n) is 5.33. The van der Waals surface area contributed by atoms with E-state index in [1.807, 2.05) is 0 Å². The number of ether oxygens (including phenoxy) is 2. The Morgan fingerprint density at radius 1 is 1.00 bits per heavy atom. The topological polar surface area (TPSA) is 118 Å². The summed E-state index contributed by atoms with van der Waals surface area (Å²) in [5.41, 5.74) is 2.27. The van der Waals surface area contributed by atoms with Gasteiger partial charge in [-0.05, 0) is 61.7 Å². The molecular formula is C25H32N4O5. The Morgan fingerprint density at radius 2 is 1.79 bits per heavy atom. The first-order valence-corrected chi connectivity index (χ1v) is 11.5. The van der Waals surface area contributed by atoms with Gasteiger partial charge in [0.1, 0.15) is 0 Å². The maximum absolute atomic E-state index is 12.3. The molecule has 1 atom stereocenters. The van der Waals surface area contributed by atoms with Crippen LogP contribution in [0.1, 0.15) is 40.0 Å². The number of rotatable bonds is 12. The number of amides is 3. The summed E-state index contributed by atoms with van der Waals surface area (Å²) in [5, 5.41) is 11.5. The van der Waals surface area contributed by atoms with Crippen LogP contribution in [0.5, 0.6) is 0 Å². The van der Waals surface area contributed by atoms with Gasteiger partial charge in [0.15, 0.2) is 0 Å². The fourth-order valence-electron chi connectivity index (χ4n) is 3.50. The highest BCUT2D eigenvalue weighted by atomic mass is 16.5. The molecule has 0 spiro atoms. The SMILES string of the molecule is COCCCNC(=O)c1cccc(NC(=O)CNc2ccc(C(=O)NCC3CCCO3)cc2)c1. The van der Waals surface area contributed by atoms with Crippen LogP contribution in [0.3, 0.4) is 0 Å². The Hall–Kier alpha value is -3.43. The molecule has 9 heteroatoms. The summed E-state index contributed by atoms with van der Waals surface area (Å²) in [4.78, 5) is 36.8. The van der Waals surface area contributed by atoms with Crippen LogP contribution in [0.4, 0.5) is 11.4 Å². The number of anilines is 2. The van der Waals surface area contributed by atoms with Crippen LogP contribution in [0.15, 0.2) is 48.5 Å². The van der Waals surface area contributed by atoms with Gasteiger partial charge in [-0.2, -0.15) is 0 Å². The van der Waals surface area contributed by atoms with Gasteiger partial charge < -0.3 is 30.7 Å². The van der Waals surface area contributed by atoms with Crippen molar-refractivity contribution < 1.29 is 23.9 Å². The molecule has 0 radical (unpaired) electrons. The third-order valence-corrected chi connectivity index (χ3v) is 5.33. The third kappa shape index (κ3) is 8.17. The van der Waals surface area contributed by atoms with Crippen molar-refractivity contribution in [3.8, 4) is 0 Å². The Balaban J connectivity index is 1.42. The fourth-order valence-corrected chi connectivity index (χ4v) is 3.50. The van der Waals surface area contributed by atoms with Crippen LogP contribution in [0, 0.1) is 0 Å². The number of hydrogen-bond acceptors (Lipinski definition) is 6. The molecule has 0 aromatic heterocycles. The van der Waals surface area contributed by atoms with E-state index in [0.717, 1.165) is 31.6 Å². The second-order valence-corrected chi connectivity index (χ2v) is 8.01. The lowest BCUT2D eigenvalue weighted by molar-refractivity contribution is -0.114. The molecule has 182 valence electrons. The van der Waals surface area contributed by atoms with E-state index in [2.05, 4.69) is 21.3 Å². The lowest BCUT2D eigenvalue weighted by Crippen LogP contribution is -2.31. The second-order valence-electron chi connectivity index (χ2n) is 8.01. The predicted molar refractivity (Wildman–Crippen MR) is 130 cm³/mol. The number of hydrogen-bond donors (Lipinski definition) is 4. The van der Waals surface area contributed by atoms with Crippen LogP contribution < -0.4 is 21.3 Å². The molecule has 0 saturated carbocycles. The zero-order chi connectivity index (χ0) is 24.2. The van der Waals surface area contributed by atoms with E-state index in [-0.39, 0.29) is 30.4 Å². The van der Waals surface area contributed by atoms with Gasteiger partial charge in [0, 0.05) is 55.9 Å². The van der Waals surface area contributed by atoms with E-state index in [1.165, 1.54) is 0 Å². The molecule has 4 N–H and O–H groups in total. The maximum Gasteiger partial charge on any atom is 0.251 e. The van der Waals surface area contributed by atoms with Crippen molar-refractivity contribution in [2.24, 2.45) is 0 Å². The van der Waals surface area contributed by atoms with Crippen molar-refractivity contribution in [1.82, 2.24) is 10.6 Å². The summed E-state index contributed by atoms with van der Waals surface area (Å²) in [6, 6.07) is 13.7. The number of methoxy groups -OCH3 is 1. The van der Waals surface area contributed by atoms with Crippen LogP contribution >= 0.6 is 0 Å². The quantitative estimate of drug-likeness (QED) is 0.356. The lowest BCUT2D eigenvalue weighted by Gasteiger charge is -2.12. The van der Waals surface area contributed by atoms with E-state index < -0.39 is 0 Å². The highest BCUT2D eigenvalue weighted by Gasteiger charge is 2.16. The molecule has 2 aromatic rings. The smallest absolute Gasteiger partial charge is 0.251 e. The minimum atomic E-state index is -0.254. The van der Waals surface area contributed by atoms with Crippen LogP contribution in [-0.2, 0) is 14.3 Å². The molecule has 3 rings (SSSR count). The molecule has 1 fully saturated rings. The van der Waals surface area contributed by atoms with Gasteiger partial charge in [0.2, 0.25) is 5.91 Å². The second kappa shape index (κ2) is 13.3. The van der Waals surface area contributed by atoms with Crippen molar-refractivity contribution in [2.45, 2.75) is 25.4 Å². The minimum Gasteiger partial charge on any atom is -0.385 e. The molecule has 9 nitrogen and oxygen atoms in total. The summed E-state index contributed by atoms with van der Waals surface area (Å²) < 4.78 is 10.5. The number of carbonyl (C=O) groups excluding carboxylic acids is 3. The van der Waals surface area contributed by atoms with Gasteiger partial charge in [-0.25, -0.2) is 0 Å². The van der Waals surface area contributed by atoms with Crippen molar-refractivity contribution in [3.05, 3.63) is 59.7 Å². The number of benzene rings is 2. The van der Waals surface area contributed by atoms with Gasteiger partial charge in [-0.3, -0.25) is 14.4 Å². The Morgan fingerprint density at radius 3 is 2.53 bits per heavy atom. The largest absolute Gasteiger partial charge is 0.385 e. The van der Waals surface area contributed by atoms with E-state index in [4.69, 9.17) is 9.47 Å². The van der Waals surface area contributed by atoms with Crippen molar-refractivity contribution in [1.29, 1.82) is 0 Å². The molecule has 2 aromatic carbocycles. The zero-order valence-electron chi connectivity index (χ0n) is 19.4. The van der Waals surface area contributed by atoms with Gasteiger partial charge >= 0.3 is 0 Å². The summed E-state index contributed by atoms with van der Waals surface area (Å²) >= 11 is 0. The molecule has 1 aliphatic rings. The average molecular weight is 469 g/mol. The first-order valence-electron chi connectivity index (χ1n) is 11.5. The molecule has 1 heterocycles. The Labute approximate surface area is 199 Å². The molecule has 1 unspecified atom stereocenters. The fraction of sp³-hybridized carbons (Fsp3) is 0.400. The summed E-state index contributed by atoms with van der Waals surface area (Å²) in [6.45, 7) is 2.40. The molecule has 1 aliphatic heterocycles. The van der Waals surface area contributed by atoms with Crippen LogP contribution in [0.2, 0.25) is 0 Å². The molecule has 0 bridgehead atoms. The van der Waals surface area contributed by atoms with Crippen LogP contribution in [-0.4, -0.2) is 63.8 Å². The number of nitrogens with one attached hydrogen (secondary N) is 4. The minimum absolute atomic E-state index is 0.0397. The standard InChI is InChI=1S/C25H32N4O5/c1-33-13-4-12-26-25(32)19-5-2-6-21(15-19)29-23(30)17-27-20-10-8-18(9-11-20)24(31)28-16-22-7-3-14-34-22/h2,5-6,8-11,15,22,27H,3-4,7,12-14,16-17H2,1H3,(H,26,32)(H,28,31)(H,29,30). The molecule has 1 saturated heterocycles. The number of carbonyl (C=O) groups is 3. The van der Waals surface area contributed by atoms with Gasteiger partial charge in [-0.1, -0.05) is 6.07 Å². The van der Waals surface area contributed by atoms with Gasteiger partial charge in [0.05, 0.1) is 12.6 Å². The van der Waals surface area contributed by atoms with E-state index in [1.54, 1.807) is 55.6 Å². The molecule has 3 amide bonds. The van der Waals surface area contributed by atoms with Crippen molar-refractivity contribution >= 4 is 29.1 Å². The monoisotopic (exact) mass is 468 g/mol. The van der Waals surface area contributed by atoms with E-state index >= 15 is 0 Å². The average Bonchev–Trinajstić information content (AvgIpc) is 3.38.